The number of thioether (sulfide) groups is 1. The van der Waals surface area contributed by atoms with Gasteiger partial charge >= 0.3 is 0 Å². The van der Waals surface area contributed by atoms with Gasteiger partial charge in [0.2, 0.25) is 0 Å². The molecule has 0 N–H and O–H groups in total. The van der Waals surface area contributed by atoms with E-state index < -0.39 is 4.87 Å². The lowest BCUT2D eigenvalue weighted by Crippen LogP contribution is -2.50. The van der Waals surface area contributed by atoms with E-state index in [0.717, 1.165) is 16.8 Å². The number of hydrogen-bond acceptors (Lipinski definition) is 5. The van der Waals surface area contributed by atoms with E-state index in [0.29, 0.717) is 35.9 Å². The zero-order valence-electron chi connectivity index (χ0n) is 21.9. The molecule has 0 bridgehead atoms. The standard InChI is InChI=1S/C30H32N2O4S/c1-29(2,3)22-10-6-20(7-11-22)19-31-26-15-14-24(36-5)18-25(26)30(28(31)34)32(16-17-37-30)27(33)21-8-12-23(35-4)13-9-21/h6-15,18H,16-17,19H2,1-5H3. The van der Waals surface area contributed by atoms with Crippen molar-refractivity contribution in [2.75, 3.05) is 31.4 Å². The summed E-state index contributed by atoms with van der Waals surface area (Å²) in [4.78, 5) is 30.5. The summed E-state index contributed by atoms with van der Waals surface area (Å²) >= 11 is 1.51. The van der Waals surface area contributed by atoms with Gasteiger partial charge in [-0.2, -0.15) is 0 Å². The van der Waals surface area contributed by atoms with E-state index in [1.54, 1.807) is 43.4 Å². The van der Waals surface area contributed by atoms with Crippen LogP contribution < -0.4 is 14.4 Å². The molecule has 0 radical (unpaired) electrons. The highest BCUT2D eigenvalue weighted by atomic mass is 32.2. The first-order chi connectivity index (χ1) is 17.7. The molecule has 2 heterocycles. The zero-order valence-corrected chi connectivity index (χ0v) is 22.7. The molecule has 1 atom stereocenters. The van der Waals surface area contributed by atoms with Crippen molar-refractivity contribution in [3.05, 3.63) is 89.0 Å². The Kier molecular flexibility index (Phi) is 6.44. The summed E-state index contributed by atoms with van der Waals surface area (Å²) < 4.78 is 10.8. The van der Waals surface area contributed by atoms with Crippen molar-refractivity contribution in [1.82, 2.24) is 4.90 Å². The van der Waals surface area contributed by atoms with Crippen molar-refractivity contribution < 1.29 is 19.1 Å². The second kappa shape index (κ2) is 9.45. The Bertz CT molecular complexity index is 1330. The van der Waals surface area contributed by atoms with E-state index in [2.05, 4.69) is 45.0 Å². The van der Waals surface area contributed by atoms with Crippen LogP contribution in [0.2, 0.25) is 0 Å². The second-order valence-corrected chi connectivity index (χ2v) is 11.7. The first kappa shape index (κ1) is 25.2. The second-order valence-electron chi connectivity index (χ2n) is 10.4. The van der Waals surface area contributed by atoms with Crippen molar-refractivity contribution in [3.63, 3.8) is 0 Å². The molecule has 2 aliphatic rings. The van der Waals surface area contributed by atoms with Gasteiger partial charge in [-0.1, -0.05) is 45.0 Å². The van der Waals surface area contributed by atoms with Gasteiger partial charge in [0, 0.05) is 23.4 Å². The van der Waals surface area contributed by atoms with Gasteiger partial charge in [-0.15, -0.1) is 11.8 Å². The minimum atomic E-state index is -1.13. The quantitative estimate of drug-likeness (QED) is 0.443. The summed E-state index contributed by atoms with van der Waals surface area (Å²) in [7, 11) is 3.21. The van der Waals surface area contributed by atoms with Gasteiger partial charge in [0.15, 0.2) is 4.87 Å². The fraction of sp³-hybridized carbons (Fsp3) is 0.333. The largest absolute Gasteiger partial charge is 0.497 e. The van der Waals surface area contributed by atoms with Crippen LogP contribution in [0.3, 0.4) is 0 Å². The summed E-state index contributed by atoms with van der Waals surface area (Å²) in [6.07, 6.45) is 0. The van der Waals surface area contributed by atoms with Crippen LogP contribution in [0.4, 0.5) is 5.69 Å². The molecule has 0 aliphatic carbocycles. The van der Waals surface area contributed by atoms with Gasteiger partial charge in [0.25, 0.3) is 11.8 Å². The number of amides is 2. The Morgan fingerprint density at radius 2 is 1.59 bits per heavy atom. The maximum Gasteiger partial charge on any atom is 0.268 e. The van der Waals surface area contributed by atoms with Crippen molar-refractivity contribution in [3.8, 4) is 11.5 Å². The number of ether oxygens (including phenoxy) is 2. The van der Waals surface area contributed by atoms with Crippen molar-refractivity contribution >= 4 is 29.3 Å². The van der Waals surface area contributed by atoms with Gasteiger partial charge in [-0.05, 0) is 59.0 Å². The predicted octanol–water partition coefficient (Wildman–Crippen LogP) is 5.59. The molecule has 192 valence electrons. The number of hydrogen-bond donors (Lipinski definition) is 0. The third kappa shape index (κ3) is 4.25. The first-order valence-corrected chi connectivity index (χ1v) is 13.4. The van der Waals surface area contributed by atoms with E-state index in [4.69, 9.17) is 9.47 Å². The molecule has 3 aromatic carbocycles. The molecular formula is C30H32N2O4S. The van der Waals surface area contributed by atoms with Crippen LogP contribution in [0.25, 0.3) is 0 Å². The number of benzene rings is 3. The molecule has 3 aromatic rings. The van der Waals surface area contributed by atoms with Gasteiger partial charge in [-0.25, -0.2) is 0 Å². The monoisotopic (exact) mass is 516 g/mol. The molecule has 0 aromatic heterocycles. The van der Waals surface area contributed by atoms with E-state index >= 15 is 0 Å². The summed E-state index contributed by atoms with van der Waals surface area (Å²) in [5.74, 6) is 1.73. The van der Waals surface area contributed by atoms with Crippen LogP contribution in [-0.2, 0) is 21.6 Å². The number of carbonyl (C=O) groups excluding carboxylic acids is 2. The van der Waals surface area contributed by atoms with E-state index in [1.807, 2.05) is 23.1 Å². The Morgan fingerprint density at radius 1 is 0.946 bits per heavy atom. The van der Waals surface area contributed by atoms with Crippen LogP contribution in [0.1, 0.15) is 47.8 Å². The highest BCUT2D eigenvalue weighted by Crippen LogP contribution is 2.55. The molecule has 1 fully saturated rings. The summed E-state index contributed by atoms with van der Waals surface area (Å²) in [5.41, 5.74) is 4.47. The van der Waals surface area contributed by atoms with E-state index in [-0.39, 0.29) is 17.2 Å². The maximum atomic E-state index is 14.3. The lowest BCUT2D eigenvalue weighted by molar-refractivity contribution is -0.123. The Hall–Kier alpha value is -3.45. The Labute approximate surface area is 222 Å². The smallest absolute Gasteiger partial charge is 0.268 e. The number of nitrogens with zero attached hydrogens (tertiary/aromatic N) is 2. The van der Waals surface area contributed by atoms with Crippen LogP contribution in [0.15, 0.2) is 66.7 Å². The number of methoxy groups -OCH3 is 2. The van der Waals surface area contributed by atoms with Crippen LogP contribution in [-0.4, -0.2) is 43.2 Å². The lowest BCUT2D eigenvalue weighted by Gasteiger charge is -2.33. The highest BCUT2D eigenvalue weighted by Gasteiger charge is 2.59. The SMILES string of the molecule is COc1ccc(C(=O)N2CCSC23C(=O)N(Cc2ccc(C(C)(C)C)cc2)c2ccc(OC)cc23)cc1. The lowest BCUT2D eigenvalue weighted by atomic mass is 9.87. The van der Waals surface area contributed by atoms with Gasteiger partial charge < -0.3 is 19.3 Å². The number of carbonyl (C=O) groups is 2. The molecule has 1 spiro atoms. The fourth-order valence-corrected chi connectivity index (χ4v) is 6.51. The summed E-state index contributed by atoms with van der Waals surface area (Å²) in [6.45, 7) is 7.46. The molecule has 1 unspecified atom stereocenters. The highest BCUT2D eigenvalue weighted by molar-refractivity contribution is 8.01. The molecule has 2 aliphatic heterocycles. The number of rotatable bonds is 5. The minimum Gasteiger partial charge on any atom is -0.497 e. The fourth-order valence-electron chi connectivity index (χ4n) is 5.06. The number of fused-ring (bicyclic) bond motifs is 2. The van der Waals surface area contributed by atoms with E-state index in [1.165, 1.54) is 17.3 Å². The van der Waals surface area contributed by atoms with Gasteiger partial charge in [-0.3, -0.25) is 9.59 Å². The normalized spacial score (nSPS) is 18.9. The molecule has 6 nitrogen and oxygen atoms in total. The maximum absolute atomic E-state index is 14.3. The number of anilines is 1. The van der Waals surface area contributed by atoms with Crippen molar-refractivity contribution in [2.24, 2.45) is 0 Å². The topological polar surface area (TPSA) is 59.1 Å². The summed E-state index contributed by atoms with van der Waals surface area (Å²) in [6, 6.07) is 21.2. The van der Waals surface area contributed by atoms with Gasteiger partial charge in [0.05, 0.1) is 26.5 Å². The Balaban J connectivity index is 1.54. The molecule has 37 heavy (non-hydrogen) atoms. The summed E-state index contributed by atoms with van der Waals surface area (Å²) in [5, 5.41) is 0. The molecular weight excluding hydrogens is 484 g/mol. The molecule has 5 rings (SSSR count). The Morgan fingerprint density at radius 3 is 2.22 bits per heavy atom. The molecule has 2 amide bonds. The average Bonchev–Trinajstić information content (AvgIpc) is 3.44. The molecule has 1 saturated heterocycles. The molecule has 7 heteroatoms. The van der Waals surface area contributed by atoms with Gasteiger partial charge in [0.1, 0.15) is 11.5 Å². The third-order valence-corrected chi connectivity index (χ3v) is 8.56. The first-order valence-electron chi connectivity index (χ1n) is 12.4. The van der Waals surface area contributed by atoms with Crippen LogP contribution in [0.5, 0.6) is 11.5 Å². The average molecular weight is 517 g/mol. The third-order valence-electron chi connectivity index (χ3n) is 7.14. The zero-order chi connectivity index (χ0) is 26.4. The minimum absolute atomic E-state index is 0.0536. The van der Waals surface area contributed by atoms with Crippen molar-refractivity contribution in [1.29, 1.82) is 0 Å². The van der Waals surface area contributed by atoms with Crippen molar-refractivity contribution in [2.45, 2.75) is 37.6 Å². The predicted molar refractivity (Wildman–Crippen MR) is 147 cm³/mol. The van der Waals surface area contributed by atoms with Crippen LogP contribution >= 0.6 is 11.8 Å². The van der Waals surface area contributed by atoms with E-state index in [9.17, 15) is 9.59 Å². The van der Waals surface area contributed by atoms with Crippen LogP contribution in [0, 0.1) is 0 Å². The molecule has 0 saturated carbocycles.